The number of rotatable bonds is 3. The van der Waals surface area contributed by atoms with Gasteiger partial charge >= 0.3 is 0 Å². The summed E-state index contributed by atoms with van der Waals surface area (Å²) in [7, 11) is 2.00. The van der Waals surface area contributed by atoms with Gasteiger partial charge in [-0.25, -0.2) is 0 Å². The standard InChI is InChI=1S/C21H23NO/c1-16-8-7-9-18(14-16)21(2)13-12-17(20(21)23)15-22(3)19-10-5-4-6-11-19/h4-11,14-15H,12-13H2,1-3H3/b17-15-/t21-/m0/s1. The van der Waals surface area contributed by atoms with E-state index >= 15 is 0 Å². The van der Waals surface area contributed by atoms with Crippen LogP contribution in [0.3, 0.4) is 0 Å². The first-order valence-electron chi connectivity index (χ1n) is 8.11. The minimum Gasteiger partial charge on any atom is -0.351 e. The lowest BCUT2D eigenvalue weighted by Crippen LogP contribution is -2.28. The van der Waals surface area contributed by atoms with Gasteiger partial charge in [-0.2, -0.15) is 0 Å². The average molecular weight is 305 g/mol. The number of ketones is 1. The van der Waals surface area contributed by atoms with Crippen molar-refractivity contribution < 1.29 is 4.79 Å². The molecule has 0 N–H and O–H groups in total. The third kappa shape index (κ3) is 2.94. The Morgan fingerprint density at radius 3 is 2.52 bits per heavy atom. The molecule has 0 aromatic heterocycles. The van der Waals surface area contributed by atoms with Crippen molar-refractivity contribution in [2.75, 3.05) is 11.9 Å². The van der Waals surface area contributed by atoms with Gasteiger partial charge in [0.15, 0.2) is 5.78 Å². The van der Waals surface area contributed by atoms with E-state index in [-0.39, 0.29) is 5.78 Å². The molecule has 1 saturated carbocycles. The molecule has 0 amide bonds. The molecule has 0 spiro atoms. The number of carbonyl (C=O) groups excluding carboxylic acids is 1. The summed E-state index contributed by atoms with van der Waals surface area (Å²) < 4.78 is 0. The second-order valence-corrected chi connectivity index (χ2v) is 6.63. The summed E-state index contributed by atoms with van der Waals surface area (Å²) in [5.74, 6) is 0.255. The summed E-state index contributed by atoms with van der Waals surface area (Å²) in [6.07, 6.45) is 3.71. The molecule has 118 valence electrons. The van der Waals surface area contributed by atoms with Crippen LogP contribution in [0.4, 0.5) is 5.69 Å². The summed E-state index contributed by atoms with van der Waals surface area (Å²) >= 11 is 0. The Balaban J connectivity index is 1.88. The van der Waals surface area contributed by atoms with Gasteiger partial charge < -0.3 is 4.90 Å². The number of allylic oxidation sites excluding steroid dienone is 1. The van der Waals surface area contributed by atoms with Gasteiger partial charge in [0.1, 0.15) is 0 Å². The third-order valence-corrected chi connectivity index (χ3v) is 4.86. The summed E-state index contributed by atoms with van der Waals surface area (Å²) in [6.45, 7) is 4.15. The van der Waals surface area contributed by atoms with Crippen LogP contribution >= 0.6 is 0 Å². The topological polar surface area (TPSA) is 20.3 Å². The van der Waals surface area contributed by atoms with Crippen molar-refractivity contribution in [1.29, 1.82) is 0 Å². The Kier molecular flexibility index (Phi) is 4.08. The lowest BCUT2D eigenvalue weighted by molar-refractivity contribution is -0.118. The number of benzene rings is 2. The fraction of sp³-hybridized carbons (Fsp3) is 0.286. The molecule has 3 rings (SSSR count). The molecule has 23 heavy (non-hydrogen) atoms. The number of para-hydroxylation sites is 1. The van der Waals surface area contributed by atoms with Gasteiger partial charge in [-0.15, -0.1) is 0 Å². The molecular weight excluding hydrogens is 282 g/mol. The fourth-order valence-corrected chi connectivity index (χ4v) is 3.32. The summed E-state index contributed by atoms with van der Waals surface area (Å²) in [6, 6.07) is 18.5. The maximum absolute atomic E-state index is 13.0. The lowest BCUT2D eigenvalue weighted by atomic mass is 9.79. The Labute approximate surface area is 138 Å². The van der Waals surface area contributed by atoms with Crippen LogP contribution in [0.15, 0.2) is 66.4 Å². The van der Waals surface area contributed by atoms with E-state index in [9.17, 15) is 4.79 Å². The monoisotopic (exact) mass is 305 g/mol. The second-order valence-electron chi connectivity index (χ2n) is 6.63. The number of Topliss-reactive ketones (excluding diaryl/α,β-unsaturated/α-hetero) is 1. The van der Waals surface area contributed by atoms with E-state index < -0.39 is 5.41 Å². The van der Waals surface area contributed by atoms with E-state index in [2.05, 4.69) is 44.2 Å². The highest BCUT2D eigenvalue weighted by Gasteiger charge is 2.42. The number of aryl methyl sites for hydroxylation is 1. The second kappa shape index (κ2) is 6.04. The Morgan fingerprint density at radius 1 is 1.09 bits per heavy atom. The molecule has 2 heteroatoms. The predicted octanol–water partition coefficient (Wildman–Crippen LogP) is 4.64. The van der Waals surface area contributed by atoms with E-state index in [1.807, 2.05) is 42.4 Å². The molecule has 2 aromatic carbocycles. The first-order chi connectivity index (χ1) is 11.0. The van der Waals surface area contributed by atoms with E-state index in [0.29, 0.717) is 0 Å². The Morgan fingerprint density at radius 2 is 1.83 bits per heavy atom. The smallest absolute Gasteiger partial charge is 0.170 e. The third-order valence-electron chi connectivity index (χ3n) is 4.86. The maximum atomic E-state index is 13.0. The zero-order valence-corrected chi connectivity index (χ0v) is 14.0. The normalized spacial score (nSPS) is 22.6. The van der Waals surface area contributed by atoms with Crippen molar-refractivity contribution in [1.82, 2.24) is 0 Å². The van der Waals surface area contributed by atoms with Gasteiger partial charge in [0.2, 0.25) is 0 Å². The van der Waals surface area contributed by atoms with Gasteiger partial charge in [-0.05, 0) is 44.4 Å². The van der Waals surface area contributed by atoms with Gasteiger partial charge in [-0.1, -0.05) is 48.0 Å². The minimum atomic E-state index is -0.393. The number of anilines is 1. The molecule has 0 saturated heterocycles. The highest BCUT2D eigenvalue weighted by atomic mass is 16.1. The molecule has 0 bridgehead atoms. The van der Waals surface area contributed by atoms with Crippen LogP contribution in [0.1, 0.15) is 30.9 Å². The van der Waals surface area contributed by atoms with E-state index in [1.165, 1.54) is 5.56 Å². The lowest BCUT2D eigenvalue weighted by Gasteiger charge is -2.23. The molecule has 2 aromatic rings. The zero-order chi connectivity index (χ0) is 16.4. The van der Waals surface area contributed by atoms with Crippen LogP contribution in [-0.4, -0.2) is 12.8 Å². The zero-order valence-electron chi connectivity index (χ0n) is 14.0. The highest BCUT2D eigenvalue weighted by Crippen LogP contribution is 2.41. The number of hydrogen-bond acceptors (Lipinski definition) is 2. The first-order valence-corrected chi connectivity index (χ1v) is 8.11. The highest BCUT2D eigenvalue weighted by molar-refractivity contribution is 6.05. The predicted molar refractivity (Wildman–Crippen MR) is 95.7 cm³/mol. The molecule has 1 fully saturated rings. The van der Waals surface area contributed by atoms with Crippen LogP contribution in [0, 0.1) is 6.92 Å². The van der Waals surface area contributed by atoms with Gasteiger partial charge in [0.25, 0.3) is 0 Å². The number of nitrogens with zero attached hydrogens (tertiary/aromatic N) is 1. The van der Waals surface area contributed by atoms with Crippen molar-refractivity contribution in [3.63, 3.8) is 0 Å². The van der Waals surface area contributed by atoms with Crippen molar-refractivity contribution in [3.8, 4) is 0 Å². The van der Waals surface area contributed by atoms with Crippen molar-refractivity contribution >= 4 is 11.5 Å². The Hall–Kier alpha value is -2.35. The summed E-state index contributed by atoms with van der Waals surface area (Å²) in [5.41, 5.74) is 3.95. The minimum absolute atomic E-state index is 0.255. The molecular formula is C21H23NO. The summed E-state index contributed by atoms with van der Waals surface area (Å²) in [5, 5.41) is 0. The summed E-state index contributed by atoms with van der Waals surface area (Å²) in [4.78, 5) is 15.0. The van der Waals surface area contributed by atoms with E-state index in [0.717, 1.165) is 29.7 Å². The molecule has 0 heterocycles. The van der Waals surface area contributed by atoms with E-state index in [1.54, 1.807) is 0 Å². The van der Waals surface area contributed by atoms with Crippen LogP contribution in [-0.2, 0) is 10.2 Å². The van der Waals surface area contributed by atoms with Gasteiger partial charge in [0.05, 0.1) is 5.41 Å². The quantitative estimate of drug-likeness (QED) is 0.770. The molecule has 0 unspecified atom stereocenters. The number of hydrogen-bond donors (Lipinski definition) is 0. The van der Waals surface area contributed by atoms with Crippen LogP contribution < -0.4 is 4.90 Å². The van der Waals surface area contributed by atoms with Crippen LogP contribution in [0.2, 0.25) is 0 Å². The van der Waals surface area contributed by atoms with Crippen LogP contribution in [0.5, 0.6) is 0 Å². The van der Waals surface area contributed by atoms with Crippen molar-refractivity contribution in [2.24, 2.45) is 0 Å². The van der Waals surface area contributed by atoms with Crippen molar-refractivity contribution in [2.45, 2.75) is 32.1 Å². The molecule has 1 atom stereocenters. The molecule has 0 radical (unpaired) electrons. The molecule has 2 nitrogen and oxygen atoms in total. The Bertz CT molecular complexity index is 747. The first kappa shape index (κ1) is 15.5. The average Bonchev–Trinajstić information content (AvgIpc) is 2.85. The fourth-order valence-electron chi connectivity index (χ4n) is 3.32. The van der Waals surface area contributed by atoms with Crippen molar-refractivity contribution in [3.05, 3.63) is 77.5 Å². The maximum Gasteiger partial charge on any atom is 0.170 e. The SMILES string of the molecule is Cc1cccc([C@]2(C)CC/C(=C/N(C)c3ccccc3)C2=O)c1. The van der Waals surface area contributed by atoms with Gasteiger partial charge in [-0.3, -0.25) is 4.79 Å². The van der Waals surface area contributed by atoms with Gasteiger partial charge in [0, 0.05) is 24.5 Å². The molecule has 1 aliphatic rings. The largest absolute Gasteiger partial charge is 0.351 e. The van der Waals surface area contributed by atoms with Crippen LogP contribution in [0.25, 0.3) is 0 Å². The molecule has 1 aliphatic carbocycles. The number of carbonyl (C=O) groups is 1. The molecule has 0 aliphatic heterocycles. The van der Waals surface area contributed by atoms with E-state index in [4.69, 9.17) is 0 Å².